The minimum absolute atomic E-state index is 0. The topological polar surface area (TPSA) is 37.4 Å². The van der Waals surface area contributed by atoms with Gasteiger partial charge in [-0.1, -0.05) is 72.8 Å². The van der Waals surface area contributed by atoms with E-state index in [0.717, 1.165) is 17.4 Å². The SMILES string of the molecule is CN(c1ccccc1C[P+](c1ccccc1)(c1ccccc1)c1ccccc1)S(C)(=O)=O.[Br-]. The van der Waals surface area contributed by atoms with E-state index in [0.29, 0.717) is 0 Å². The molecule has 4 aromatic carbocycles. The molecule has 0 amide bonds. The monoisotopic (exact) mass is 539 g/mol. The number of hydrogen-bond donors (Lipinski definition) is 0. The molecule has 0 unspecified atom stereocenters. The van der Waals surface area contributed by atoms with Gasteiger partial charge in [0.15, 0.2) is 0 Å². The highest BCUT2D eigenvalue weighted by Crippen LogP contribution is 2.58. The third-order valence-corrected chi connectivity index (χ3v) is 11.4. The summed E-state index contributed by atoms with van der Waals surface area (Å²) >= 11 is 0. The summed E-state index contributed by atoms with van der Waals surface area (Å²) in [6.07, 6.45) is 1.97. The van der Waals surface area contributed by atoms with Crippen molar-refractivity contribution in [1.82, 2.24) is 0 Å². The van der Waals surface area contributed by atoms with E-state index in [4.69, 9.17) is 0 Å². The van der Waals surface area contributed by atoms with Crippen LogP contribution in [0.4, 0.5) is 5.69 Å². The fourth-order valence-corrected chi connectivity index (χ4v) is 8.95. The van der Waals surface area contributed by atoms with E-state index in [2.05, 4.69) is 78.9 Å². The van der Waals surface area contributed by atoms with Crippen LogP contribution in [0.15, 0.2) is 115 Å². The maximum atomic E-state index is 12.4. The van der Waals surface area contributed by atoms with Crippen LogP contribution in [0.2, 0.25) is 0 Å². The first-order valence-electron chi connectivity index (χ1n) is 10.5. The number of benzene rings is 4. The normalized spacial score (nSPS) is 11.5. The molecule has 0 fully saturated rings. The van der Waals surface area contributed by atoms with Crippen LogP contribution in [0, 0.1) is 0 Å². The molecule has 6 heteroatoms. The van der Waals surface area contributed by atoms with Gasteiger partial charge >= 0.3 is 0 Å². The number of anilines is 1. The zero-order chi connectivity index (χ0) is 22.6. The van der Waals surface area contributed by atoms with Gasteiger partial charge in [0.2, 0.25) is 10.0 Å². The summed E-state index contributed by atoms with van der Waals surface area (Å²) in [6, 6.07) is 39.7. The Morgan fingerprint density at radius 3 is 1.39 bits per heavy atom. The Morgan fingerprint density at radius 1 is 0.636 bits per heavy atom. The molecule has 4 rings (SSSR count). The molecule has 0 saturated carbocycles. The lowest BCUT2D eigenvalue weighted by Crippen LogP contribution is -3.00. The first-order valence-corrected chi connectivity index (χ1v) is 14.3. The molecule has 0 aliphatic carbocycles. The molecule has 170 valence electrons. The number of rotatable bonds is 7. The minimum atomic E-state index is -3.38. The molecule has 0 spiro atoms. The summed E-state index contributed by atoms with van der Waals surface area (Å²) in [7, 11) is -3.87. The van der Waals surface area contributed by atoms with Gasteiger partial charge in [0.05, 0.1) is 11.9 Å². The van der Waals surface area contributed by atoms with Crippen molar-refractivity contribution in [1.29, 1.82) is 0 Å². The second kappa shape index (κ2) is 10.6. The Morgan fingerprint density at radius 2 is 1.00 bits per heavy atom. The maximum Gasteiger partial charge on any atom is 0.232 e. The highest BCUT2D eigenvalue weighted by atomic mass is 79.9. The summed E-state index contributed by atoms with van der Waals surface area (Å²) in [5.74, 6) is 0. The van der Waals surface area contributed by atoms with Crippen molar-refractivity contribution in [3.63, 3.8) is 0 Å². The van der Waals surface area contributed by atoms with Crippen LogP contribution in [0.25, 0.3) is 0 Å². The highest BCUT2D eigenvalue weighted by Gasteiger charge is 2.46. The molecule has 0 radical (unpaired) electrons. The van der Waals surface area contributed by atoms with Crippen molar-refractivity contribution in [2.45, 2.75) is 6.16 Å². The molecule has 0 atom stereocenters. The first kappa shape index (κ1) is 25.2. The molecule has 3 nitrogen and oxygen atoms in total. The predicted octanol–water partition coefficient (Wildman–Crippen LogP) is 1.58. The summed E-state index contributed by atoms with van der Waals surface area (Å²) in [4.78, 5) is 0. The van der Waals surface area contributed by atoms with Crippen LogP contribution < -0.4 is 37.2 Å². The van der Waals surface area contributed by atoms with E-state index >= 15 is 0 Å². The number of nitrogens with zero attached hydrogens (tertiary/aromatic N) is 1. The Balaban J connectivity index is 0.00000306. The van der Waals surface area contributed by atoms with Crippen LogP contribution in [0.1, 0.15) is 5.56 Å². The third kappa shape index (κ3) is 5.22. The number of halogens is 1. The van der Waals surface area contributed by atoms with Gasteiger partial charge in [-0.25, -0.2) is 8.42 Å². The highest BCUT2D eigenvalue weighted by molar-refractivity contribution is 7.95. The largest absolute Gasteiger partial charge is 1.00 e. The molecular weight excluding hydrogens is 513 g/mol. The molecule has 4 aromatic rings. The van der Waals surface area contributed by atoms with Gasteiger partial charge in [-0.3, -0.25) is 4.31 Å². The van der Waals surface area contributed by atoms with Crippen LogP contribution >= 0.6 is 7.26 Å². The second-order valence-electron chi connectivity index (χ2n) is 7.83. The van der Waals surface area contributed by atoms with Gasteiger partial charge in [-0.2, -0.15) is 0 Å². The van der Waals surface area contributed by atoms with Gasteiger partial charge in [0.25, 0.3) is 0 Å². The zero-order valence-electron chi connectivity index (χ0n) is 18.7. The maximum absolute atomic E-state index is 12.4. The van der Waals surface area contributed by atoms with Crippen LogP contribution in [-0.4, -0.2) is 21.7 Å². The Bertz CT molecular complexity index is 1190. The van der Waals surface area contributed by atoms with E-state index in [9.17, 15) is 8.42 Å². The van der Waals surface area contributed by atoms with Crippen molar-refractivity contribution >= 4 is 38.9 Å². The Hall–Kier alpha value is -2.46. The van der Waals surface area contributed by atoms with Crippen molar-refractivity contribution in [3.8, 4) is 0 Å². The van der Waals surface area contributed by atoms with E-state index < -0.39 is 17.3 Å². The molecule has 0 aliphatic heterocycles. The first-order chi connectivity index (χ1) is 15.4. The third-order valence-electron chi connectivity index (χ3n) is 5.83. The summed E-state index contributed by atoms with van der Waals surface area (Å²) in [5, 5.41) is 3.82. The fraction of sp³-hybridized carbons (Fsp3) is 0.111. The molecule has 0 saturated heterocycles. The van der Waals surface area contributed by atoms with E-state index in [1.165, 1.54) is 26.5 Å². The lowest BCUT2D eigenvalue weighted by Gasteiger charge is -2.29. The van der Waals surface area contributed by atoms with Gasteiger partial charge in [0.1, 0.15) is 29.3 Å². The zero-order valence-corrected chi connectivity index (χ0v) is 22.0. The molecular formula is C27H27BrNO2PS. The number of para-hydroxylation sites is 1. The second-order valence-corrected chi connectivity index (χ2v) is 13.3. The number of hydrogen-bond acceptors (Lipinski definition) is 2. The minimum Gasteiger partial charge on any atom is -1.00 e. The number of sulfonamides is 1. The molecule has 0 heterocycles. The van der Waals surface area contributed by atoms with Gasteiger partial charge in [-0.05, 0) is 42.5 Å². The van der Waals surface area contributed by atoms with Gasteiger partial charge in [-0.15, -0.1) is 0 Å². The van der Waals surface area contributed by atoms with E-state index in [1.807, 2.05) is 36.4 Å². The molecule has 0 bridgehead atoms. The average molecular weight is 540 g/mol. The lowest BCUT2D eigenvalue weighted by molar-refractivity contribution is -0.00000871. The van der Waals surface area contributed by atoms with Gasteiger partial charge < -0.3 is 17.0 Å². The Labute approximate surface area is 208 Å². The van der Waals surface area contributed by atoms with Crippen molar-refractivity contribution in [2.24, 2.45) is 0 Å². The summed E-state index contributed by atoms with van der Waals surface area (Å²) in [5.41, 5.74) is 1.74. The van der Waals surface area contributed by atoms with E-state index in [-0.39, 0.29) is 17.0 Å². The standard InChI is InChI=1S/C27H27NO2PS.BrH/c1-28(32(2,29)30)27-21-13-12-14-23(27)22-31(24-15-6-3-7-16-24,25-17-8-4-9-18-25)26-19-10-5-11-20-26;/h3-21H,22H2,1-2H3;1H/q+1;/p-1. The smallest absolute Gasteiger partial charge is 0.232 e. The summed E-state index contributed by atoms with van der Waals surface area (Å²) < 4.78 is 26.2. The van der Waals surface area contributed by atoms with Crippen molar-refractivity contribution < 1.29 is 25.4 Å². The average Bonchev–Trinajstić information content (AvgIpc) is 2.83. The van der Waals surface area contributed by atoms with Crippen LogP contribution in [0.3, 0.4) is 0 Å². The fourth-order valence-electron chi connectivity index (χ4n) is 4.15. The summed E-state index contributed by atoms with van der Waals surface area (Å²) in [6.45, 7) is 0. The molecule has 0 N–H and O–H groups in total. The molecule has 33 heavy (non-hydrogen) atoms. The van der Waals surface area contributed by atoms with Crippen molar-refractivity contribution in [3.05, 3.63) is 121 Å². The van der Waals surface area contributed by atoms with Crippen LogP contribution in [-0.2, 0) is 16.2 Å². The van der Waals surface area contributed by atoms with Gasteiger partial charge in [0, 0.05) is 12.6 Å². The molecule has 0 aliphatic rings. The molecule has 0 aromatic heterocycles. The lowest BCUT2D eigenvalue weighted by atomic mass is 10.2. The quantitative estimate of drug-likeness (QED) is 0.334. The van der Waals surface area contributed by atoms with Crippen molar-refractivity contribution in [2.75, 3.05) is 17.6 Å². The van der Waals surface area contributed by atoms with E-state index in [1.54, 1.807) is 7.05 Å². The predicted molar refractivity (Wildman–Crippen MR) is 139 cm³/mol. The van der Waals surface area contributed by atoms with Crippen LogP contribution in [0.5, 0.6) is 0 Å². The Kier molecular flexibility index (Phi) is 8.12.